The third kappa shape index (κ3) is 2.33. The van der Waals surface area contributed by atoms with Gasteiger partial charge in [0.25, 0.3) is 0 Å². The van der Waals surface area contributed by atoms with Crippen LogP contribution in [0.1, 0.15) is 24.5 Å². The van der Waals surface area contributed by atoms with Crippen molar-refractivity contribution in [2.24, 2.45) is 5.92 Å². The van der Waals surface area contributed by atoms with Crippen molar-refractivity contribution in [3.8, 4) is 6.07 Å². The Kier molecular flexibility index (Phi) is 4.55. The molecule has 0 heterocycles. The van der Waals surface area contributed by atoms with Crippen molar-refractivity contribution in [2.45, 2.75) is 18.8 Å². The van der Waals surface area contributed by atoms with E-state index in [1.54, 1.807) is 0 Å². The van der Waals surface area contributed by atoms with E-state index in [0.29, 0.717) is 0 Å². The van der Waals surface area contributed by atoms with Gasteiger partial charge in [0.05, 0.1) is 6.07 Å². The van der Waals surface area contributed by atoms with E-state index in [1.807, 2.05) is 67.6 Å². The number of hydrogen-bond donors (Lipinski definition) is 1. The highest BCUT2D eigenvalue weighted by molar-refractivity contribution is 5.46. The molecule has 1 atom stereocenters. The number of aliphatic hydroxyl groups is 1. The van der Waals surface area contributed by atoms with Crippen LogP contribution in [0.5, 0.6) is 0 Å². The first-order chi connectivity index (χ1) is 9.79. The quantitative estimate of drug-likeness (QED) is 0.899. The maximum Gasteiger partial charge on any atom is 0.112 e. The van der Waals surface area contributed by atoms with Gasteiger partial charge in [-0.2, -0.15) is 5.26 Å². The average Bonchev–Trinajstić information content (AvgIpc) is 2.54. The van der Waals surface area contributed by atoms with Crippen LogP contribution in [0, 0.1) is 17.2 Å². The summed E-state index contributed by atoms with van der Waals surface area (Å²) in [6.45, 7) is 2.01. The normalized spacial score (nSPS) is 12.7. The van der Waals surface area contributed by atoms with E-state index in [4.69, 9.17) is 0 Å². The molecule has 2 nitrogen and oxygen atoms in total. The molecule has 2 heteroatoms. The van der Waals surface area contributed by atoms with E-state index in [0.717, 1.165) is 17.5 Å². The first kappa shape index (κ1) is 14.3. The molecule has 0 aromatic heterocycles. The fraction of sp³-hybridized carbons (Fsp3) is 0.278. The lowest BCUT2D eigenvalue weighted by Gasteiger charge is -2.34. The van der Waals surface area contributed by atoms with Gasteiger partial charge < -0.3 is 5.11 Å². The Hall–Kier alpha value is -2.11. The van der Waals surface area contributed by atoms with E-state index in [-0.39, 0.29) is 12.5 Å². The summed E-state index contributed by atoms with van der Waals surface area (Å²) in [5.41, 5.74) is 1.08. The van der Waals surface area contributed by atoms with Gasteiger partial charge in [0.1, 0.15) is 5.41 Å². The molecule has 0 saturated heterocycles. The molecule has 0 aliphatic carbocycles. The SMILES string of the molecule is CCC(CO)C(C#N)(c1ccccc1)c1ccccc1. The van der Waals surface area contributed by atoms with Gasteiger partial charge in [0, 0.05) is 12.5 Å². The molecule has 102 valence electrons. The molecular weight excluding hydrogens is 246 g/mol. The zero-order valence-electron chi connectivity index (χ0n) is 11.7. The highest BCUT2D eigenvalue weighted by atomic mass is 16.3. The molecule has 1 N–H and O–H groups in total. The molecule has 20 heavy (non-hydrogen) atoms. The fourth-order valence-electron chi connectivity index (χ4n) is 2.83. The molecule has 0 radical (unpaired) electrons. The third-order valence-electron chi connectivity index (χ3n) is 3.96. The zero-order chi connectivity index (χ0) is 14.4. The molecule has 0 spiro atoms. The topological polar surface area (TPSA) is 44.0 Å². The van der Waals surface area contributed by atoms with Crippen molar-refractivity contribution in [3.05, 3.63) is 71.8 Å². The first-order valence-corrected chi connectivity index (χ1v) is 6.92. The van der Waals surface area contributed by atoms with Crippen molar-refractivity contribution in [2.75, 3.05) is 6.61 Å². The predicted molar refractivity (Wildman–Crippen MR) is 80.1 cm³/mol. The third-order valence-corrected chi connectivity index (χ3v) is 3.96. The van der Waals surface area contributed by atoms with Gasteiger partial charge in [-0.25, -0.2) is 0 Å². The van der Waals surface area contributed by atoms with Crippen LogP contribution >= 0.6 is 0 Å². The predicted octanol–water partition coefficient (Wildman–Crippen LogP) is 3.51. The van der Waals surface area contributed by atoms with E-state index >= 15 is 0 Å². The Morgan fingerprint density at radius 3 is 1.75 bits per heavy atom. The Morgan fingerprint density at radius 2 is 1.45 bits per heavy atom. The van der Waals surface area contributed by atoms with Gasteiger partial charge in [0.2, 0.25) is 0 Å². The van der Waals surface area contributed by atoms with Crippen LogP contribution in [0.3, 0.4) is 0 Å². The van der Waals surface area contributed by atoms with Crippen molar-refractivity contribution < 1.29 is 5.11 Å². The number of hydrogen-bond acceptors (Lipinski definition) is 2. The summed E-state index contributed by atoms with van der Waals surface area (Å²) in [6, 6.07) is 22.0. The van der Waals surface area contributed by atoms with Crippen LogP contribution in [0.25, 0.3) is 0 Å². The molecule has 0 saturated carbocycles. The van der Waals surface area contributed by atoms with Gasteiger partial charge in [-0.15, -0.1) is 0 Å². The summed E-state index contributed by atoms with van der Waals surface area (Å²) in [6.07, 6.45) is 0.744. The van der Waals surface area contributed by atoms with E-state index in [2.05, 4.69) is 6.07 Å². The Bertz CT molecular complexity index is 528. The van der Waals surface area contributed by atoms with Crippen LogP contribution in [0.15, 0.2) is 60.7 Å². The van der Waals surface area contributed by atoms with Gasteiger partial charge in [-0.05, 0) is 17.5 Å². The van der Waals surface area contributed by atoms with Gasteiger partial charge >= 0.3 is 0 Å². The summed E-state index contributed by atoms with van der Waals surface area (Å²) in [5, 5.41) is 19.7. The van der Waals surface area contributed by atoms with Gasteiger partial charge in [-0.3, -0.25) is 0 Å². The van der Waals surface area contributed by atoms with Crippen LogP contribution in [-0.2, 0) is 5.41 Å². The summed E-state index contributed by atoms with van der Waals surface area (Å²) in [4.78, 5) is 0. The Morgan fingerprint density at radius 1 is 1.00 bits per heavy atom. The number of aliphatic hydroxyl groups excluding tert-OH is 1. The minimum Gasteiger partial charge on any atom is -0.396 e. The summed E-state index contributed by atoms with van der Waals surface area (Å²) in [7, 11) is 0. The molecule has 0 fully saturated rings. The monoisotopic (exact) mass is 265 g/mol. The molecular formula is C18H19NO. The Balaban J connectivity index is 2.68. The maximum absolute atomic E-state index is 9.95. The van der Waals surface area contributed by atoms with Crippen LogP contribution in [0.2, 0.25) is 0 Å². The van der Waals surface area contributed by atoms with Gasteiger partial charge in [0.15, 0.2) is 0 Å². The second-order valence-corrected chi connectivity index (χ2v) is 4.94. The number of nitriles is 1. The lowest BCUT2D eigenvalue weighted by molar-refractivity contribution is 0.188. The smallest absolute Gasteiger partial charge is 0.112 e. The number of nitrogens with zero attached hydrogens (tertiary/aromatic N) is 1. The summed E-state index contributed by atoms with van der Waals surface area (Å²) < 4.78 is 0. The van der Waals surface area contributed by atoms with E-state index in [1.165, 1.54) is 0 Å². The molecule has 0 amide bonds. The molecule has 0 bridgehead atoms. The average molecular weight is 265 g/mol. The minimum absolute atomic E-state index is 0.00610. The number of rotatable bonds is 5. The standard InChI is InChI=1S/C18H19NO/c1-2-15(13-20)18(14-19,16-9-5-3-6-10-16)17-11-7-4-8-12-17/h3-12,15,20H,2,13H2,1H3. The molecule has 0 aliphatic rings. The lowest BCUT2D eigenvalue weighted by Crippen LogP contribution is -2.37. The largest absolute Gasteiger partial charge is 0.396 e. The minimum atomic E-state index is -0.800. The van der Waals surface area contributed by atoms with E-state index < -0.39 is 5.41 Å². The molecule has 1 unspecified atom stereocenters. The summed E-state index contributed by atoms with van der Waals surface area (Å²) in [5.74, 6) is -0.128. The first-order valence-electron chi connectivity index (χ1n) is 6.92. The molecule has 2 rings (SSSR count). The van der Waals surface area contributed by atoms with Crippen molar-refractivity contribution >= 4 is 0 Å². The van der Waals surface area contributed by atoms with Crippen molar-refractivity contribution in [3.63, 3.8) is 0 Å². The van der Waals surface area contributed by atoms with Crippen LogP contribution in [0.4, 0.5) is 0 Å². The molecule has 0 aliphatic heterocycles. The molecule has 2 aromatic carbocycles. The lowest BCUT2D eigenvalue weighted by atomic mass is 9.66. The van der Waals surface area contributed by atoms with Crippen LogP contribution in [-0.4, -0.2) is 11.7 Å². The fourth-order valence-corrected chi connectivity index (χ4v) is 2.83. The summed E-state index contributed by atoms with van der Waals surface area (Å²) >= 11 is 0. The Labute approximate surface area is 120 Å². The van der Waals surface area contributed by atoms with Crippen molar-refractivity contribution in [1.29, 1.82) is 5.26 Å². The molecule has 2 aromatic rings. The highest BCUT2D eigenvalue weighted by Crippen LogP contribution is 2.40. The van der Waals surface area contributed by atoms with Gasteiger partial charge in [-0.1, -0.05) is 67.6 Å². The highest BCUT2D eigenvalue weighted by Gasteiger charge is 2.41. The number of benzene rings is 2. The second-order valence-electron chi connectivity index (χ2n) is 4.94. The maximum atomic E-state index is 9.95. The second kappa shape index (κ2) is 6.36. The van der Waals surface area contributed by atoms with Crippen LogP contribution < -0.4 is 0 Å². The van der Waals surface area contributed by atoms with Crippen molar-refractivity contribution in [1.82, 2.24) is 0 Å². The zero-order valence-corrected chi connectivity index (χ0v) is 11.7. The van der Waals surface area contributed by atoms with E-state index in [9.17, 15) is 10.4 Å².